The summed E-state index contributed by atoms with van der Waals surface area (Å²) in [5.41, 5.74) is 3.41. The van der Waals surface area contributed by atoms with Gasteiger partial charge in [0.25, 0.3) is 0 Å². The van der Waals surface area contributed by atoms with Gasteiger partial charge in [-0.1, -0.05) is 32.9 Å². The van der Waals surface area contributed by atoms with Gasteiger partial charge in [-0.3, -0.25) is 0 Å². The fourth-order valence-corrected chi connectivity index (χ4v) is 2.76. The van der Waals surface area contributed by atoms with E-state index in [1.54, 1.807) is 0 Å². The summed E-state index contributed by atoms with van der Waals surface area (Å²) in [4.78, 5) is 4.48. The number of aryl methyl sites for hydroxylation is 1. The summed E-state index contributed by atoms with van der Waals surface area (Å²) in [6.45, 7) is 12.0. The maximum absolute atomic E-state index is 6.29. The predicted octanol–water partition coefficient (Wildman–Crippen LogP) is 4.10. The van der Waals surface area contributed by atoms with Crippen molar-refractivity contribution in [3.8, 4) is 0 Å². The second-order valence-corrected chi connectivity index (χ2v) is 11.5. The van der Waals surface area contributed by atoms with Crippen molar-refractivity contribution in [3.05, 3.63) is 30.1 Å². The molecule has 0 N–H and O–H groups in total. The monoisotopic (exact) mass is 276 g/mol. The molecule has 0 fully saturated rings. The summed E-state index contributed by atoms with van der Waals surface area (Å²) < 4.78 is 8.33. The Morgan fingerprint density at radius 1 is 1.26 bits per heavy atom. The van der Waals surface area contributed by atoms with Crippen molar-refractivity contribution in [1.29, 1.82) is 0 Å². The Labute approximate surface area is 116 Å². The van der Waals surface area contributed by atoms with Crippen LogP contribution < -0.4 is 0 Å². The summed E-state index contributed by atoms with van der Waals surface area (Å²) in [6, 6.07) is 6.29. The number of fused-ring (bicyclic) bond motifs is 1. The number of imidazole rings is 1. The first-order valence-electron chi connectivity index (χ1n) is 6.75. The van der Waals surface area contributed by atoms with Crippen LogP contribution in [0.1, 0.15) is 26.3 Å². The lowest BCUT2D eigenvalue weighted by atomic mass is 10.2. The maximum Gasteiger partial charge on any atom is 0.192 e. The molecule has 0 unspecified atom stereocenters. The van der Waals surface area contributed by atoms with Gasteiger partial charge in [0.2, 0.25) is 0 Å². The normalized spacial score (nSPS) is 13.2. The van der Waals surface area contributed by atoms with E-state index in [2.05, 4.69) is 57.0 Å². The zero-order valence-corrected chi connectivity index (χ0v) is 13.8. The quantitative estimate of drug-likeness (QED) is 0.789. The SMILES string of the molecule is Cn1cnc2c(CO[Si](C)(C)C(C)(C)C)cccc21. The molecule has 2 rings (SSSR count). The standard InChI is InChI=1S/C15H24N2OSi/c1-15(2,3)19(5,6)18-10-12-8-7-9-13-14(12)16-11-17(13)4/h7-9,11H,10H2,1-6H3. The number of hydrogen-bond donors (Lipinski definition) is 0. The second-order valence-electron chi connectivity index (χ2n) is 6.69. The van der Waals surface area contributed by atoms with E-state index in [1.807, 2.05) is 17.9 Å². The second kappa shape index (κ2) is 4.76. The summed E-state index contributed by atoms with van der Waals surface area (Å²) in [5.74, 6) is 0. The van der Waals surface area contributed by atoms with Crippen molar-refractivity contribution in [3.63, 3.8) is 0 Å². The summed E-state index contributed by atoms with van der Waals surface area (Å²) in [5, 5.41) is 0.241. The highest BCUT2D eigenvalue weighted by atomic mass is 28.4. The molecule has 4 heteroatoms. The minimum Gasteiger partial charge on any atom is -0.412 e. The molecule has 1 heterocycles. The fraction of sp³-hybridized carbons (Fsp3) is 0.533. The first kappa shape index (κ1) is 14.3. The van der Waals surface area contributed by atoms with Gasteiger partial charge in [0, 0.05) is 12.6 Å². The molecule has 0 atom stereocenters. The van der Waals surface area contributed by atoms with Gasteiger partial charge < -0.3 is 8.99 Å². The van der Waals surface area contributed by atoms with Crippen LogP contribution in [0.3, 0.4) is 0 Å². The molecule has 2 aromatic rings. The molecule has 19 heavy (non-hydrogen) atoms. The molecule has 1 aromatic heterocycles. The minimum atomic E-state index is -1.70. The highest BCUT2D eigenvalue weighted by molar-refractivity contribution is 6.74. The van der Waals surface area contributed by atoms with E-state index in [0.29, 0.717) is 6.61 Å². The summed E-state index contributed by atoms with van der Waals surface area (Å²) in [7, 11) is 0.319. The van der Waals surface area contributed by atoms with Crippen molar-refractivity contribution in [2.75, 3.05) is 0 Å². The van der Waals surface area contributed by atoms with Crippen LogP contribution in [0.2, 0.25) is 18.1 Å². The number of rotatable bonds is 3. The first-order valence-corrected chi connectivity index (χ1v) is 9.66. The molecule has 0 aliphatic rings. The Bertz CT molecular complexity index is 581. The van der Waals surface area contributed by atoms with Gasteiger partial charge in [0.05, 0.1) is 24.0 Å². The molecule has 0 bridgehead atoms. The lowest BCUT2D eigenvalue weighted by Crippen LogP contribution is -2.40. The van der Waals surface area contributed by atoms with E-state index < -0.39 is 8.32 Å². The number of aromatic nitrogens is 2. The third kappa shape index (κ3) is 2.74. The van der Waals surface area contributed by atoms with E-state index >= 15 is 0 Å². The van der Waals surface area contributed by atoms with E-state index in [1.165, 1.54) is 5.56 Å². The number of para-hydroxylation sites is 1. The van der Waals surface area contributed by atoms with Crippen LogP contribution in [0.15, 0.2) is 24.5 Å². The van der Waals surface area contributed by atoms with Crippen molar-refractivity contribution in [2.24, 2.45) is 7.05 Å². The molecule has 0 aliphatic carbocycles. The van der Waals surface area contributed by atoms with Gasteiger partial charge >= 0.3 is 0 Å². The van der Waals surface area contributed by atoms with Crippen molar-refractivity contribution >= 4 is 19.4 Å². The predicted molar refractivity (Wildman–Crippen MR) is 82.7 cm³/mol. The van der Waals surface area contributed by atoms with Gasteiger partial charge in [-0.25, -0.2) is 4.98 Å². The van der Waals surface area contributed by atoms with Gasteiger partial charge in [-0.15, -0.1) is 0 Å². The van der Waals surface area contributed by atoms with E-state index in [9.17, 15) is 0 Å². The Morgan fingerprint density at radius 3 is 2.58 bits per heavy atom. The zero-order valence-electron chi connectivity index (χ0n) is 12.8. The van der Waals surface area contributed by atoms with Crippen molar-refractivity contribution in [2.45, 2.75) is 45.5 Å². The highest BCUT2D eigenvalue weighted by Crippen LogP contribution is 2.37. The Hall–Kier alpha value is -1.13. The Kier molecular flexibility index (Phi) is 3.58. The summed E-state index contributed by atoms with van der Waals surface area (Å²) in [6.07, 6.45) is 1.86. The number of benzene rings is 1. The molecule has 0 aliphatic heterocycles. The molecular formula is C15H24N2OSi. The average Bonchev–Trinajstić information content (AvgIpc) is 2.68. The van der Waals surface area contributed by atoms with Gasteiger partial charge in [0.1, 0.15) is 0 Å². The topological polar surface area (TPSA) is 27.1 Å². The molecule has 1 aromatic carbocycles. The van der Waals surface area contributed by atoms with Crippen LogP contribution >= 0.6 is 0 Å². The molecule has 0 spiro atoms. The van der Waals surface area contributed by atoms with E-state index in [4.69, 9.17) is 4.43 Å². The minimum absolute atomic E-state index is 0.241. The lowest BCUT2D eigenvalue weighted by molar-refractivity contribution is 0.277. The van der Waals surface area contributed by atoms with Crippen LogP contribution in [0.5, 0.6) is 0 Å². The Morgan fingerprint density at radius 2 is 1.95 bits per heavy atom. The largest absolute Gasteiger partial charge is 0.412 e. The van der Waals surface area contributed by atoms with Crippen LogP contribution in [0.25, 0.3) is 11.0 Å². The van der Waals surface area contributed by atoms with Crippen LogP contribution in [0, 0.1) is 0 Å². The number of nitrogens with zero attached hydrogens (tertiary/aromatic N) is 2. The average molecular weight is 276 g/mol. The molecule has 0 radical (unpaired) electrons. The molecular weight excluding hydrogens is 252 g/mol. The molecule has 0 saturated heterocycles. The lowest BCUT2D eigenvalue weighted by Gasteiger charge is -2.36. The molecule has 3 nitrogen and oxygen atoms in total. The first-order chi connectivity index (χ1) is 8.72. The van der Waals surface area contributed by atoms with Crippen LogP contribution in [-0.2, 0) is 18.1 Å². The summed E-state index contributed by atoms with van der Waals surface area (Å²) >= 11 is 0. The third-order valence-electron chi connectivity index (χ3n) is 4.23. The fourth-order valence-electron chi connectivity index (χ4n) is 1.81. The Balaban J connectivity index is 2.23. The number of hydrogen-bond acceptors (Lipinski definition) is 2. The van der Waals surface area contributed by atoms with E-state index in [-0.39, 0.29) is 5.04 Å². The van der Waals surface area contributed by atoms with Crippen LogP contribution in [0.4, 0.5) is 0 Å². The maximum atomic E-state index is 6.29. The van der Waals surface area contributed by atoms with Crippen LogP contribution in [-0.4, -0.2) is 17.9 Å². The van der Waals surface area contributed by atoms with Gasteiger partial charge in [0.15, 0.2) is 8.32 Å². The van der Waals surface area contributed by atoms with Gasteiger partial charge in [-0.05, 0) is 24.2 Å². The van der Waals surface area contributed by atoms with Gasteiger partial charge in [-0.2, -0.15) is 0 Å². The zero-order chi connectivity index (χ0) is 14.3. The molecule has 104 valence electrons. The highest BCUT2D eigenvalue weighted by Gasteiger charge is 2.37. The smallest absolute Gasteiger partial charge is 0.192 e. The molecule has 0 saturated carbocycles. The third-order valence-corrected chi connectivity index (χ3v) is 8.71. The van der Waals surface area contributed by atoms with E-state index in [0.717, 1.165) is 11.0 Å². The van der Waals surface area contributed by atoms with Crippen molar-refractivity contribution < 1.29 is 4.43 Å². The van der Waals surface area contributed by atoms with Crippen molar-refractivity contribution in [1.82, 2.24) is 9.55 Å². The molecule has 0 amide bonds.